The van der Waals surface area contributed by atoms with E-state index in [1.165, 1.54) is 22.7 Å². The van der Waals surface area contributed by atoms with Gasteiger partial charge in [-0.15, -0.1) is 11.8 Å². The Hall–Kier alpha value is -4.03. The Bertz CT molecular complexity index is 1620. The Morgan fingerprint density at radius 3 is 2.35 bits per heavy atom. The molecule has 0 saturated carbocycles. The minimum absolute atomic E-state index is 0.0714. The Balaban J connectivity index is 1.28. The molecule has 5 nitrogen and oxygen atoms in total. The summed E-state index contributed by atoms with van der Waals surface area (Å²) in [6, 6.07) is 29.5. The highest BCUT2D eigenvalue weighted by atomic mass is 32.2. The van der Waals surface area contributed by atoms with Crippen molar-refractivity contribution in [3.8, 4) is 0 Å². The van der Waals surface area contributed by atoms with Crippen LogP contribution in [0.5, 0.6) is 0 Å². The van der Waals surface area contributed by atoms with Crippen molar-refractivity contribution < 1.29 is 9.59 Å². The molecule has 0 spiro atoms. The lowest BCUT2D eigenvalue weighted by atomic mass is 10.1. The third-order valence-electron chi connectivity index (χ3n) is 6.52. The number of benzene rings is 4. The van der Waals surface area contributed by atoms with E-state index in [1.807, 2.05) is 74.5 Å². The predicted octanol–water partition coefficient (Wildman–Crippen LogP) is 7.49. The van der Waals surface area contributed by atoms with Crippen molar-refractivity contribution in [3.05, 3.63) is 102 Å². The molecular weight excluding hydrogens is 478 g/mol. The van der Waals surface area contributed by atoms with Gasteiger partial charge < -0.3 is 15.2 Å². The number of hydrogen-bond donors (Lipinski definition) is 2. The van der Waals surface area contributed by atoms with Crippen molar-refractivity contribution in [2.24, 2.45) is 0 Å². The molecule has 1 unspecified atom stereocenters. The van der Waals surface area contributed by atoms with Crippen molar-refractivity contribution in [2.45, 2.75) is 37.5 Å². The number of anilines is 2. The first-order valence-electron chi connectivity index (χ1n) is 12.4. The number of fused-ring (bicyclic) bond motifs is 3. The van der Waals surface area contributed by atoms with Crippen LogP contribution in [0.25, 0.3) is 21.8 Å². The lowest BCUT2D eigenvalue weighted by Crippen LogP contribution is -2.22. The number of thioether (sulfide) groups is 1. The highest BCUT2D eigenvalue weighted by Crippen LogP contribution is 2.32. The molecule has 0 saturated heterocycles. The van der Waals surface area contributed by atoms with Crippen LogP contribution in [0.2, 0.25) is 0 Å². The lowest BCUT2D eigenvalue weighted by Gasteiger charge is -2.14. The first kappa shape index (κ1) is 24.7. The highest BCUT2D eigenvalue weighted by Gasteiger charge is 2.17. The minimum Gasteiger partial charge on any atom is -0.341 e. The monoisotopic (exact) mass is 507 g/mol. The smallest absolute Gasteiger partial charge is 0.255 e. The summed E-state index contributed by atoms with van der Waals surface area (Å²) < 4.78 is 2.29. The van der Waals surface area contributed by atoms with Crippen LogP contribution in [0.3, 0.4) is 0 Å². The minimum atomic E-state index is -0.324. The molecule has 0 radical (unpaired) electrons. The summed E-state index contributed by atoms with van der Waals surface area (Å²) in [6.07, 6.45) is 0. The quantitative estimate of drug-likeness (QED) is 0.224. The molecule has 1 heterocycles. The third kappa shape index (κ3) is 5.11. The average Bonchev–Trinajstić information content (AvgIpc) is 3.22. The van der Waals surface area contributed by atoms with Gasteiger partial charge in [0, 0.05) is 50.2 Å². The van der Waals surface area contributed by atoms with Crippen molar-refractivity contribution in [1.82, 2.24) is 4.57 Å². The van der Waals surface area contributed by atoms with Crippen LogP contribution in [0.1, 0.15) is 29.8 Å². The second kappa shape index (κ2) is 10.5. The number of nitrogens with one attached hydrogen (secondary N) is 2. The van der Waals surface area contributed by atoms with Gasteiger partial charge in [-0.25, -0.2) is 0 Å². The van der Waals surface area contributed by atoms with Crippen LogP contribution in [0, 0.1) is 6.92 Å². The van der Waals surface area contributed by atoms with E-state index in [0.717, 1.165) is 33.6 Å². The standard InChI is InChI=1S/C31H29N3O2S/c1-4-34-28-15-8-7-14-26(28)27-19-23(16-17-29(27)34)32-30(35)21(3)37-24-12-9-11-22(18-24)33-31(36)25-13-6-5-10-20(25)2/h5-19,21H,4H2,1-3H3,(H,32,35)(H,33,36). The Morgan fingerprint density at radius 2 is 1.54 bits per heavy atom. The maximum atomic E-state index is 13.1. The molecule has 2 N–H and O–H groups in total. The summed E-state index contributed by atoms with van der Waals surface area (Å²) in [4.78, 5) is 26.7. The first-order valence-corrected chi connectivity index (χ1v) is 13.3. The summed E-state index contributed by atoms with van der Waals surface area (Å²) in [5, 5.41) is 8.04. The van der Waals surface area contributed by atoms with Crippen LogP contribution < -0.4 is 10.6 Å². The third-order valence-corrected chi connectivity index (χ3v) is 7.61. The average molecular weight is 508 g/mol. The van der Waals surface area contributed by atoms with Crippen LogP contribution in [0.15, 0.2) is 95.9 Å². The molecule has 0 aliphatic rings. The van der Waals surface area contributed by atoms with E-state index in [0.29, 0.717) is 11.3 Å². The largest absolute Gasteiger partial charge is 0.341 e. The molecule has 4 aromatic carbocycles. The number of carbonyl (C=O) groups excluding carboxylic acids is 2. The van der Waals surface area contributed by atoms with E-state index in [9.17, 15) is 9.59 Å². The van der Waals surface area contributed by atoms with E-state index >= 15 is 0 Å². The van der Waals surface area contributed by atoms with Gasteiger partial charge in [0.2, 0.25) is 5.91 Å². The van der Waals surface area contributed by atoms with E-state index in [1.54, 1.807) is 0 Å². The number of para-hydroxylation sites is 1. The maximum Gasteiger partial charge on any atom is 0.255 e. The fourth-order valence-electron chi connectivity index (χ4n) is 4.65. The molecule has 0 bridgehead atoms. The predicted molar refractivity (Wildman–Crippen MR) is 155 cm³/mol. The summed E-state index contributed by atoms with van der Waals surface area (Å²) >= 11 is 1.46. The van der Waals surface area contributed by atoms with Gasteiger partial charge in [-0.3, -0.25) is 9.59 Å². The first-order chi connectivity index (χ1) is 17.9. The molecule has 2 amide bonds. The van der Waals surface area contributed by atoms with Crippen molar-refractivity contribution in [1.29, 1.82) is 0 Å². The Kier molecular flexibility index (Phi) is 7.01. The van der Waals surface area contributed by atoms with E-state index in [-0.39, 0.29) is 17.1 Å². The van der Waals surface area contributed by atoms with Gasteiger partial charge in [-0.2, -0.15) is 0 Å². The highest BCUT2D eigenvalue weighted by molar-refractivity contribution is 8.00. The molecule has 37 heavy (non-hydrogen) atoms. The topological polar surface area (TPSA) is 63.1 Å². The zero-order valence-electron chi connectivity index (χ0n) is 21.1. The second-order valence-corrected chi connectivity index (χ2v) is 10.5. The van der Waals surface area contributed by atoms with E-state index in [4.69, 9.17) is 0 Å². The molecule has 6 heteroatoms. The molecule has 0 fully saturated rings. The zero-order valence-corrected chi connectivity index (χ0v) is 21.9. The molecule has 186 valence electrons. The summed E-state index contributed by atoms with van der Waals surface area (Å²) in [6.45, 7) is 6.83. The van der Waals surface area contributed by atoms with Crippen LogP contribution in [0.4, 0.5) is 11.4 Å². The van der Waals surface area contributed by atoms with Crippen LogP contribution >= 0.6 is 11.8 Å². The second-order valence-electron chi connectivity index (χ2n) is 9.04. The van der Waals surface area contributed by atoms with Gasteiger partial charge in [-0.1, -0.05) is 42.5 Å². The fourth-order valence-corrected chi connectivity index (χ4v) is 5.57. The molecule has 1 aromatic heterocycles. The molecular formula is C31H29N3O2S. The number of hydrogen-bond acceptors (Lipinski definition) is 3. The van der Waals surface area contributed by atoms with Gasteiger partial charge in [0.05, 0.1) is 5.25 Å². The number of carbonyl (C=O) groups is 2. The number of nitrogens with zero attached hydrogens (tertiary/aromatic N) is 1. The van der Waals surface area contributed by atoms with Crippen molar-refractivity contribution in [2.75, 3.05) is 10.6 Å². The van der Waals surface area contributed by atoms with Gasteiger partial charge in [0.1, 0.15) is 0 Å². The maximum absolute atomic E-state index is 13.1. The number of amides is 2. The molecule has 5 aromatic rings. The zero-order chi connectivity index (χ0) is 25.9. The van der Waals surface area contributed by atoms with E-state index in [2.05, 4.69) is 52.5 Å². The van der Waals surface area contributed by atoms with E-state index < -0.39 is 0 Å². The number of rotatable bonds is 7. The van der Waals surface area contributed by atoms with Crippen LogP contribution in [-0.2, 0) is 11.3 Å². The number of aromatic nitrogens is 1. The summed E-state index contributed by atoms with van der Waals surface area (Å²) in [5.41, 5.74) is 5.41. The van der Waals surface area contributed by atoms with Crippen molar-refractivity contribution >= 4 is 56.8 Å². The normalized spacial score (nSPS) is 12.0. The molecule has 5 rings (SSSR count). The number of aryl methyl sites for hydroxylation is 2. The van der Waals surface area contributed by atoms with Gasteiger partial charge >= 0.3 is 0 Å². The molecule has 0 aliphatic heterocycles. The Morgan fingerprint density at radius 1 is 0.811 bits per heavy atom. The van der Waals surface area contributed by atoms with Gasteiger partial charge in [-0.05, 0) is 74.9 Å². The Labute approximate surface area is 220 Å². The SMILES string of the molecule is CCn1c2ccccc2c2cc(NC(=O)C(C)Sc3cccc(NC(=O)c4ccccc4C)c3)ccc21. The van der Waals surface area contributed by atoms with Gasteiger partial charge in [0.25, 0.3) is 5.91 Å². The molecule has 1 atom stereocenters. The summed E-state index contributed by atoms with van der Waals surface area (Å²) in [5.74, 6) is -0.219. The van der Waals surface area contributed by atoms with Crippen LogP contribution in [-0.4, -0.2) is 21.6 Å². The molecule has 0 aliphatic carbocycles. The fraction of sp³-hybridized carbons (Fsp3) is 0.161. The summed E-state index contributed by atoms with van der Waals surface area (Å²) in [7, 11) is 0. The lowest BCUT2D eigenvalue weighted by molar-refractivity contribution is -0.115. The van der Waals surface area contributed by atoms with Crippen molar-refractivity contribution in [3.63, 3.8) is 0 Å². The van der Waals surface area contributed by atoms with Gasteiger partial charge in [0.15, 0.2) is 0 Å².